The first-order chi connectivity index (χ1) is 3.81. The van der Waals surface area contributed by atoms with Crippen molar-refractivity contribution in [2.45, 2.75) is 6.32 Å². The van der Waals surface area contributed by atoms with Crippen molar-refractivity contribution in [1.82, 2.24) is 4.90 Å². The minimum atomic E-state index is 0.740. The molecule has 0 N–H and O–H groups in total. The van der Waals surface area contributed by atoms with E-state index < -0.39 is 0 Å². The third-order valence-corrected chi connectivity index (χ3v) is 1.19. The lowest BCUT2D eigenvalue weighted by atomic mass is 10.1. The molecule has 0 atom stereocenters. The van der Waals surface area contributed by atoms with Gasteiger partial charge < -0.3 is 4.90 Å². The van der Waals surface area contributed by atoms with Crippen LogP contribution >= 0.6 is 12.6 Å². The van der Waals surface area contributed by atoms with Gasteiger partial charge in [0.1, 0.15) is 0 Å². The van der Waals surface area contributed by atoms with Crippen molar-refractivity contribution in [3.8, 4) is 0 Å². The summed E-state index contributed by atoms with van der Waals surface area (Å²) in [5.74, 6) is 0.913. The highest BCUT2D eigenvalue weighted by Gasteiger charge is 1.90. The van der Waals surface area contributed by atoms with Crippen molar-refractivity contribution in [2.24, 2.45) is 0 Å². The van der Waals surface area contributed by atoms with Crippen LogP contribution in [0.25, 0.3) is 0 Å². The highest BCUT2D eigenvalue weighted by atomic mass is 32.1. The van der Waals surface area contributed by atoms with Crippen LogP contribution < -0.4 is 0 Å². The molecule has 46 valence electrons. The van der Waals surface area contributed by atoms with Crippen LogP contribution in [0.5, 0.6) is 0 Å². The molecule has 2 radical (unpaired) electrons. The number of hydrogen-bond acceptors (Lipinski definition) is 2. The zero-order valence-electron chi connectivity index (χ0n) is 5.30. The monoisotopic (exact) mass is 129 g/mol. The Labute approximate surface area is 58.3 Å². The van der Waals surface area contributed by atoms with Gasteiger partial charge in [-0.25, -0.2) is 0 Å². The summed E-state index contributed by atoms with van der Waals surface area (Å²) >= 11 is 4.07. The van der Waals surface area contributed by atoms with E-state index in [9.17, 15) is 0 Å². The highest BCUT2D eigenvalue weighted by Crippen LogP contribution is 1.84. The smallest absolute Gasteiger partial charge is 0.0670 e. The molecule has 8 heavy (non-hydrogen) atoms. The Kier molecular flexibility index (Phi) is 5.77. The van der Waals surface area contributed by atoms with E-state index >= 15 is 0 Å². The molecule has 0 saturated carbocycles. The average molecular weight is 129 g/mol. The van der Waals surface area contributed by atoms with Crippen LogP contribution in [0.3, 0.4) is 0 Å². The van der Waals surface area contributed by atoms with Crippen LogP contribution in [0.15, 0.2) is 0 Å². The molecule has 0 amide bonds. The predicted octanol–water partition coefficient (Wildman–Crippen LogP) is 0.435. The SMILES string of the molecule is [B]CCN(C)CCS. The zero-order chi connectivity index (χ0) is 6.41. The summed E-state index contributed by atoms with van der Waals surface area (Å²) in [7, 11) is 7.34. The van der Waals surface area contributed by atoms with Gasteiger partial charge in [0, 0.05) is 12.3 Å². The van der Waals surface area contributed by atoms with Gasteiger partial charge in [0.15, 0.2) is 0 Å². The van der Waals surface area contributed by atoms with Gasteiger partial charge in [0.25, 0.3) is 0 Å². The molecule has 0 aromatic rings. The van der Waals surface area contributed by atoms with E-state index in [1.807, 2.05) is 7.05 Å². The van der Waals surface area contributed by atoms with Crippen LogP contribution in [-0.4, -0.2) is 38.6 Å². The fourth-order valence-corrected chi connectivity index (χ4v) is 0.844. The molecule has 0 aliphatic carbocycles. The molecule has 0 bridgehead atoms. The molecule has 0 unspecified atom stereocenters. The molecule has 1 nitrogen and oxygen atoms in total. The minimum Gasteiger partial charge on any atom is -0.306 e. The van der Waals surface area contributed by atoms with E-state index in [0.29, 0.717) is 0 Å². The molecule has 0 aliphatic rings. The second-order valence-electron chi connectivity index (χ2n) is 1.82. The number of nitrogens with zero attached hydrogens (tertiary/aromatic N) is 1. The average Bonchev–Trinajstić information content (AvgIpc) is 1.68. The number of thiol groups is 1. The fraction of sp³-hybridized carbons (Fsp3) is 1.00. The Balaban J connectivity index is 2.92. The van der Waals surface area contributed by atoms with E-state index in [1.54, 1.807) is 0 Å². The van der Waals surface area contributed by atoms with E-state index in [4.69, 9.17) is 7.85 Å². The predicted molar refractivity (Wildman–Crippen MR) is 41.9 cm³/mol. The normalized spacial score (nSPS) is 10.4. The zero-order valence-corrected chi connectivity index (χ0v) is 6.19. The maximum Gasteiger partial charge on any atom is 0.0670 e. The van der Waals surface area contributed by atoms with Crippen LogP contribution in [0, 0.1) is 0 Å². The van der Waals surface area contributed by atoms with Gasteiger partial charge in [-0.05, 0) is 13.6 Å². The first-order valence-corrected chi connectivity index (χ1v) is 3.44. The van der Waals surface area contributed by atoms with Crippen LogP contribution in [0.4, 0.5) is 0 Å². The summed E-state index contributed by atoms with van der Waals surface area (Å²) in [6.45, 7) is 2.00. The third kappa shape index (κ3) is 4.53. The largest absolute Gasteiger partial charge is 0.306 e. The standard InChI is InChI=1S/C5H12BNS/c1-7(3-2-6)4-5-8/h8H,2-5H2,1H3. The Morgan fingerprint density at radius 3 is 2.50 bits per heavy atom. The van der Waals surface area contributed by atoms with Gasteiger partial charge in [-0.3, -0.25) is 0 Å². The Morgan fingerprint density at radius 1 is 1.50 bits per heavy atom. The van der Waals surface area contributed by atoms with Crippen LogP contribution in [0.1, 0.15) is 0 Å². The van der Waals surface area contributed by atoms with E-state index in [0.717, 1.165) is 25.2 Å². The molecule has 3 heteroatoms. The van der Waals surface area contributed by atoms with Crippen molar-refractivity contribution in [3.63, 3.8) is 0 Å². The summed E-state index contributed by atoms with van der Waals surface area (Å²) in [5.41, 5.74) is 0. The summed E-state index contributed by atoms with van der Waals surface area (Å²) in [5, 5.41) is 0. The van der Waals surface area contributed by atoms with E-state index in [2.05, 4.69) is 17.5 Å². The van der Waals surface area contributed by atoms with Crippen LogP contribution in [-0.2, 0) is 0 Å². The fourth-order valence-electron chi connectivity index (χ4n) is 0.503. The molecule has 0 rings (SSSR count). The van der Waals surface area contributed by atoms with Gasteiger partial charge in [-0.15, -0.1) is 0 Å². The molecule has 0 aromatic carbocycles. The Morgan fingerprint density at radius 2 is 2.12 bits per heavy atom. The Bertz CT molecular complexity index is 45.7. The lowest BCUT2D eigenvalue weighted by Gasteiger charge is -2.12. The maximum absolute atomic E-state index is 5.29. The first-order valence-electron chi connectivity index (χ1n) is 2.80. The second-order valence-corrected chi connectivity index (χ2v) is 2.26. The molecular formula is C5H12BNS. The van der Waals surface area contributed by atoms with Crippen LogP contribution in [0.2, 0.25) is 6.32 Å². The van der Waals surface area contributed by atoms with Gasteiger partial charge in [-0.1, -0.05) is 6.32 Å². The molecule has 0 spiro atoms. The molecular weight excluding hydrogens is 117 g/mol. The van der Waals surface area contributed by atoms with Gasteiger partial charge >= 0.3 is 0 Å². The highest BCUT2D eigenvalue weighted by molar-refractivity contribution is 7.80. The lowest BCUT2D eigenvalue weighted by molar-refractivity contribution is 0.377. The van der Waals surface area contributed by atoms with E-state index in [1.165, 1.54) is 0 Å². The number of rotatable bonds is 4. The molecule has 0 heterocycles. The summed E-state index contributed by atoms with van der Waals surface area (Å²) < 4.78 is 0. The van der Waals surface area contributed by atoms with Crippen molar-refractivity contribution in [3.05, 3.63) is 0 Å². The maximum atomic E-state index is 5.29. The molecule has 0 saturated heterocycles. The lowest BCUT2D eigenvalue weighted by Crippen LogP contribution is -2.21. The van der Waals surface area contributed by atoms with Gasteiger partial charge in [-0.2, -0.15) is 12.6 Å². The molecule has 0 aromatic heterocycles. The third-order valence-electron chi connectivity index (χ3n) is 0.993. The number of hydrogen-bond donors (Lipinski definition) is 1. The molecule has 0 aliphatic heterocycles. The van der Waals surface area contributed by atoms with Crippen molar-refractivity contribution >= 4 is 20.5 Å². The van der Waals surface area contributed by atoms with Crippen molar-refractivity contribution in [1.29, 1.82) is 0 Å². The Hall–Kier alpha value is 0.375. The minimum absolute atomic E-state index is 0.740. The summed E-state index contributed by atoms with van der Waals surface area (Å²) in [4.78, 5) is 2.16. The van der Waals surface area contributed by atoms with Crippen molar-refractivity contribution < 1.29 is 0 Å². The molecule has 0 fully saturated rings. The van der Waals surface area contributed by atoms with Gasteiger partial charge in [0.2, 0.25) is 0 Å². The first kappa shape index (κ1) is 8.37. The second kappa shape index (κ2) is 5.51. The summed E-state index contributed by atoms with van der Waals surface area (Å²) in [6.07, 6.45) is 0.740. The quantitative estimate of drug-likeness (QED) is 0.425. The topological polar surface area (TPSA) is 3.24 Å². The van der Waals surface area contributed by atoms with Gasteiger partial charge in [0.05, 0.1) is 7.85 Å². The van der Waals surface area contributed by atoms with E-state index in [-0.39, 0.29) is 0 Å². The van der Waals surface area contributed by atoms with Crippen molar-refractivity contribution in [2.75, 3.05) is 25.9 Å². The summed E-state index contributed by atoms with van der Waals surface area (Å²) in [6, 6.07) is 0.